The first-order valence-electron chi connectivity index (χ1n) is 9.15. The van der Waals surface area contributed by atoms with Gasteiger partial charge in [-0.3, -0.25) is 14.9 Å². The summed E-state index contributed by atoms with van der Waals surface area (Å²) in [6.07, 6.45) is 1.40. The number of anilines is 1. The molecule has 0 bridgehead atoms. The number of carbonyl (C=O) groups is 1. The molecule has 0 aliphatic carbocycles. The van der Waals surface area contributed by atoms with Crippen LogP contribution in [-0.2, 0) is 4.79 Å². The summed E-state index contributed by atoms with van der Waals surface area (Å²) in [6.45, 7) is 1.91. The van der Waals surface area contributed by atoms with Gasteiger partial charge in [-0.25, -0.2) is 10.1 Å². The average Bonchev–Trinajstić information content (AvgIpc) is 3.12. The number of hydrazone groups is 1. The third-order valence-electron chi connectivity index (χ3n) is 4.13. The van der Waals surface area contributed by atoms with Crippen molar-refractivity contribution < 1.29 is 9.72 Å². The fraction of sp³-hybridized carbons (Fsp3) is 0.158. The van der Waals surface area contributed by atoms with E-state index in [-0.39, 0.29) is 29.3 Å². The number of thioether (sulfide) groups is 1. The Kier molecular flexibility index (Phi) is 7.17. The minimum atomic E-state index is -0.485. The highest BCUT2D eigenvalue weighted by atomic mass is 32.2. The molecule has 1 unspecified atom stereocenters. The third-order valence-corrected chi connectivity index (χ3v) is 5.08. The van der Waals surface area contributed by atoms with E-state index in [1.54, 1.807) is 12.1 Å². The van der Waals surface area contributed by atoms with Crippen molar-refractivity contribution in [1.82, 2.24) is 20.2 Å². The highest BCUT2D eigenvalue weighted by Crippen LogP contribution is 2.18. The number of nitrogen functional groups attached to an aromatic ring is 1. The van der Waals surface area contributed by atoms with Crippen LogP contribution >= 0.6 is 11.8 Å². The van der Waals surface area contributed by atoms with Crippen molar-refractivity contribution in [2.45, 2.75) is 18.1 Å². The second-order valence-electron chi connectivity index (χ2n) is 6.39. The first-order valence-corrected chi connectivity index (χ1v) is 10.1. The van der Waals surface area contributed by atoms with Gasteiger partial charge in [0.15, 0.2) is 0 Å². The van der Waals surface area contributed by atoms with E-state index in [1.807, 2.05) is 37.3 Å². The van der Waals surface area contributed by atoms with Crippen LogP contribution in [0.15, 0.2) is 64.9 Å². The number of nitrogens with one attached hydrogen (secondary N) is 2. The number of nitrogens with two attached hydrogens (primary N) is 1. The molecule has 0 aliphatic rings. The minimum absolute atomic E-state index is 0.0375. The summed E-state index contributed by atoms with van der Waals surface area (Å²) in [7, 11) is 0. The normalized spacial score (nSPS) is 11.9. The van der Waals surface area contributed by atoms with Crippen LogP contribution in [0.4, 0.5) is 11.6 Å². The molecule has 4 N–H and O–H groups in total. The number of nitro benzene ring substituents is 1. The molecule has 0 spiro atoms. The predicted molar refractivity (Wildman–Crippen MR) is 118 cm³/mol. The van der Waals surface area contributed by atoms with Crippen molar-refractivity contribution in [1.29, 1.82) is 0 Å². The van der Waals surface area contributed by atoms with Crippen LogP contribution in [0.5, 0.6) is 0 Å². The Morgan fingerprint density at radius 2 is 2.06 bits per heavy atom. The molecule has 3 aromatic rings. The van der Waals surface area contributed by atoms with Gasteiger partial charge in [0.2, 0.25) is 11.1 Å². The Morgan fingerprint density at radius 1 is 1.29 bits per heavy atom. The van der Waals surface area contributed by atoms with Crippen LogP contribution in [0, 0.1) is 10.1 Å². The maximum absolute atomic E-state index is 12.2. The van der Waals surface area contributed by atoms with E-state index >= 15 is 0 Å². The second kappa shape index (κ2) is 10.2. The number of carbonyl (C=O) groups excluding carboxylic acids is 1. The largest absolute Gasteiger partial charge is 0.349 e. The maximum Gasteiger partial charge on any atom is 0.270 e. The van der Waals surface area contributed by atoms with Gasteiger partial charge < -0.3 is 11.2 Å². The summed E-state index contributed by atoms with van der Waals surface area (Å²) in [6, 6.07) is 15.5. The lowest BCUT2D eigenvalue weighted by atomic mass is 10.1. The number of aromatic nitrogens is 3. The molecule has 0 radical (unpaired) electrons. The number of hydrogen-bond donors (Lipinski definition) is 3. The van der Waals surface area contributed by atoms with E-state index in [4.69, 9.17) is 5.84 Å². The number of nitrogens with zero attached hydrogens (tertiary/aromatic N) is 5. The van der Waals surface area contributed by atoms with E-state index in [0.29, 0.717) is 10.7 Å². The summed E-state index contributed by atoms with van der Waals surface area (Å²) < 4.78 is 1.17. The molecule has 12 heteroatoms. The lowest BCUT2D eigenvalue weighted by molar-refractivity contribution is -0.384. The van der Waals surface area contributed by atoms with E-state index in [0.717, 1.165) is 17.3 Å². The molecular formula is C19H20N8O3S. The summed E-state index contributed by atoms with van der Waals surface area (Å²) in [5, 5.41) is 25.8. The number of non-ortho nitro benzene ring substituents is 1. The second-order valence-corrected chi connectivity index (χ2v) is 7.33. The van der Waals surface area contributed by atoms with E-state index in [2.05, 4.69) is 26.0 Å². The van der Waals surface area contributed by atoms with Gasteiger partial charge in [-0.2, -0.15) is 5.10 Å². The Bertz CT molecular complexity index is 1090. The number of rotatable bonds is 9. The van der Waals surface area contributed by atoms with Gasteiger partial charge in [-0.05, 0) is 12.5 Å². The van der Waals surface area contributed by atoms with Crippen molar-refractivity contribution in [3.05, 3.63) is 75.8 Å². The molecular weight excluding hydrogens is 420 g/mol. The number of hydrogen-bond acceptors (Lipinski definition) is 9. The van der Waals surface area contributed by atoms with Crippen molar-refractivity contribution in [2.75, 3.05) is 17.0 Å². The van der Waals surface area contributed by atoms with Gasteiger partial charge in [-0.15, -0.1) is 10.2 Å². The van der Waals surface area contributed by atoms with Gasteiger partial charge in [-0.1, -0.05) is 54.2 Å². The topological polar surface area (TPSA) is 153 Å². The van der Waals surface area contributed by atoms with Crippen LogP contribution in [0.2, 0.25) is 0 Å². The van der Waals surface area contributed by atoms with Crippen molar-refractivity contribution in [2.24, 2.45) is 5.10 Å². The molecule has 1 aromatic heterocycles. The molecule has 1 heterocycles. The zero-order chi connectivity index (χ0) is 22.2. The standard InChI is InChI=1S/C19H20N8O3S/c1-13(15-7-3-2-4-8-15)22-17(28)12-31-19-25-24-18(26(19)20)23-21-11-14-6-5-9-16(10-14)27(29)30/h2-11,13H,12,20H2,1H3,(H,22,28)(H,23,24)/b21-11+. The predicted octanol–water partition coefficient (Wildman–Crippen LogP) is 2.32. The molecule has 2 aromatic carbocycles. The third kappa shape index (κ3) is 6.02. The van der Waals surface area contributed by atoms with Crippen LogP contribution in [0.1, 0.15) is 24.1 Å². The SMILES string of the molecule is CC(NC(=O)CSc1nnc(N/N=C/c2cccc([N+](=O)[O-])c2)n1N)c1ccccc1. The molecule has 0 fully saturated rings. The monoisotopic (exact) mass is 440 g/mol. The van der Waals surface area contributed by atoms with Crippen LogP contribution in [0.3, 0.4) is 0 Å². The minimum Gasteiger partial charge on any atom is -0.349 e. The molecule has 0 aliphatic heterocycles. The molecule has 1 amide bonds. The molecule has 11 nitrogen and oxygen atoms in total. The van der Waals surface area contributed by atoms with Gasteiger partial charge in [0, 0.05) is 17.7 Å². The van der Waals surface area contributed by atoms with E-state index in [9.17, 15) is 14.9 Å². The van der Waals surface area contributed by atoms with Crippen LogP contribution in [-0.4, -0.2) is 37.7 Å². The van der Waals surface area contributed by atoms with Crippen molar-refractivity contribution >= 4 is 35.5 Å². The smallest absolute Gasteiger partial charge is 0.270 e. The zero-order valence-electron chi connectivity index (χ0n) is 16.5. The van der Waals surface area contributed by atoms with Gasteiger partial charge in [0.25, 0.3) is 11.6 Å². The highest BCUT2D eigenvalue weighted by Gasteiger charge is 2.14. The summed E-state index contributed by atoms with van der Waals surface area (Å²) >= 11 is 1.13. The average molecular weight is 440 g/mol. The van der Waals surface area contributed by atoms with Crippen LogP contribution in [0.25, 0.3) is 0 Å². The van der Waals surface area contributed by atoms with Crippen LogP contribution < -0.4 is 16.6 Å². The Hall–Kier alpha value is -3.93. The zero-order valence-corrected chi connectivity index (χ0v) is 17.3. The molecule has 31 heavy (non-hydrogen) atoms. The lowest BCUT2D eigenvalue weighted by Crippen LogP contribution is -2.28. The fourth-order valence-electron chi connectivity index (χ4n) is 2.57. The highest BCUT2D eigenvalue weighted by molar-refractivity contribution is 7.99. The van der Waals surface area contributed by atoms with E-state index in [1.165, 1.54) is 23.0 Å². The lowest BCUT2D eigenvalue weighted by Gasteiger charge is -2.13. The van der Waals surface area contributed by atoms with Gasteiger partial charge in [0.05, 0.1) is 22.9 Å². The number of amides is 1. The molecule has 1 atom stereocenters. The Balaban J connectivity index is 1.52. The maximum atomic E-state index is 12.2. The molecule has 3 rings (SSSR count). The summed E-state index contributed by atoms with van der Waals surface area (Å²) in [5.74, 6) is 6.04. The number of nitro groups is 1. The number of benzene rings is 2. The van der Waals surface area contributed by atoms with Crippen molar-refractivity contribution in [3.8, 4) is 0 Å². The van der Waals surface area contributed by atoms with Gasteiger partial charge >= 0.3 is 0 Å². The van der Waals surface area contributed by atoms with E-state index < -0.39 is 4.92 Å². The van der Waals surface area contributed by atoms with Crippen molar-refractivity contribution in [3.63, 3.8) is 0 Å². The molecule has 0 saturated heterocycles. The Labute approximate surface area is 181 Å². The molecule has 0 saturated carbocycles. The summed E-state index contributed by atoms with van der Waals surface area (Å²) in [5.41, 5.74) is 4.13. The summed E-state index contributed by atoms with van der Waals surface area (Å²) in [4.78, 5) is 22.5. The molecule has 160 valence electrons. The first kappa shape index (κ1) is 21.8. The first-order chi connectivity index (χ1) is 14.9. The van der Waals surface area contributed by atoms with Gasteiger partial charge in [0.1, 0.15) is 0 Å². The Morgan fingerprint density at radius 3 is 2.81 bits per heavy atom. The fourth-order valence-corrected chi connectivity index (χ4v) is 3.24. The quantitative estimate of drug-likeness (QED) is 0.151.